The summed E-state index contributed by atoms with van der Waals surface area (Å²) in [5.74, 6) is 1.40. The number of allylic oxidation sites excluding steroid dienone is 3. The second-order valence-electron chi connectivity index (χ2n) is 9.68. The number of benzene rings is 1. The van der Waals surface area contributed by atoms with Crippen LogP contribution in [0, 0.1) is 11.8 Å². The zero-order valence-corrected chi connectivity index (χ0v) is 19.9. The number of piperidine rings is 1. The Labute approximate surface area is 189 Å². The average Bonchev–Trinajstić information content (AvgIpc) is 2.76. The Kier molecular flexibility index (Phi) is 8.12. The maximum absolute atomic E-state index is 4.51. The third-order valence-electron chi connectivity index (χ3n) is 7.04. The third-order valence-corrected chi connectivity index (χ3v) is 7.04. The highest BCUT2D eigenvalue weighted by molar-refractivity contribution is 5.90. The van der Waals surface area contributed by atoms with E-state index in [-0.39, 0.29) is 0 Å². The Morgan fingerprint density at radius 2 is 1.84 bits per heavy atom. The normalized spacial score (nSPS) is 15.8. The molecule has 1 unspecified atom stereocenters. The topological polar surface area (TPSA) is 16.1 Å². The molecule has 2 heteroatoms. The Bertz CT molecular complexity index is 931. The first kappa shape index (κ1) is 23.3. The van der Waals surface area contributed by atoms with E-state index < -0.39 is 0 Å². The molecule has 0 saturated carbocycles. The lowest BCUT2D eigenvalue weighted by molar-refractivity contribution is 0.209. The monoisotopic (exact) mass is 416 g/mol. The SMILES string of the molecule is C=C(C)c1ccnc2ccc(CCCCC3CCN(C(=C)CC(C)C(=C)C)CC3)cc12. The second-order valence-corrected chi connectivity index (χ2v) is 9.68. The van der Waals surface area contributed by atoms with Gasteiger partial charge in [0, 0.05) is 30.4 Å². The number of hydrogen-bond donors (Lipinski definition) is 0. The van der Waals surface area contributed by atoms with Crippen LogP contribution in [0.25, 0.3) is 16.5 Å². The number of rotatable bonds is 10. The van der Waals surface area contributed by atoms with Crippen LogP contribution in [0.4, 0.5) is 0 Å². The van der Waals surface area contributed by atoms with Gasteiger partial charge in [0.15, 0.2) is 0 Å². The predicted octanol–water partition coefficient (Wildman–Crippen LogP) is 7.81. The minimum absolute atomic E-state index is 0.530. The summed E-state index contributed by atoms with van der Waals surface area (Å²) in [4.78, 5) is 7.02. The van der Waals surface area contributed by atoms with Gasteiger partial charge in [-0.15, -0.1) is 0 Å². The Morgan fingerprint density at radius 1 is 1.10 bits per heavy atom. The zero-order valence-electron chi connectivity index (χ0n) is 19.9. The summed E-state index contributed by atoms with van der Waals surface area (Å²) in [5, 5.41) is 1.24. The minimum atomic E-state index is 0.530. The fourth-order valence-corrected chi connectivity index (χ4v) is 4.68. The third kappa shape index (κ3) is 6.32. The van der Waals surface area contributed by atoms with Crippen LogP contribution in [0.3, 0.4) is 0 Å². The molecule has 1 saturated heterocycles. The number of unbranched alkanes of at least 4 members (excludes halogenated alkanes) is 1. The van der Waals surface area contributed by atoms with Crippen LogP contribution in [-0.4, -0.2) is 23.0 Å². The molecule has 0 spiro atoms. The molecule has 2 nitrogen and oxygen atoms in total. The highest BCUT2D eigenvalue weighted by atomic mass is 15.1. The van der Waals surface area contributed by atoms with Gasteiger partial charge in [-0.2, -0.15) is 0 Å². The molecule has 0 amide bonds. The maximum Gasteiger partial charge on any atom is 0.0708 e. The van der Waals surface area contributed by atoms with E-state index in [1.165, 1.54) is 73.0 Å². The van der Waals surface area contributed by atoms with Crippen LogP contribution in [0.15, 0.2) is 61.5 Å². The molecule has 1 aromatic carbocycles. The van der Waals surface area contributed by atoms with E-state index in [0.29, 0.717) is 5.92 Å². The number of nitrogens with zero attached hydrogens (tertiary/aromatic N) is 2. The van der Waals surface area contributed by atoms with Crippen LogP contribution < -0.4 is 0 Å². The van der Waals surface area contributed by atoms with E-state index in [1.807, 2.05) is 6.20 Å². The van der Waals surface area contributed by atoms with Gasteiger partial charge < -0.3 is 4.90 Å². The summed E-state index contributed by atoms with van der Waals surface area (Å²) in [5.41, 5.74) is 7.37. The van der Waals surface area contributed by atoms with E-state index in [2.05, 4.69) is 74.7 Å². The van der Waals surface area contributed by atoms with Crippen LogP contribution >= 0.6 is 0 Å². The van der Waals surface area contributed by atoms with Crippen molar-refractivity contribution < 1.29 is 0 Å². The van der Waals surface area contributed by atoms with Crippen molar-refractivity contribution in [3.05, 3.63) is 72.6 Å². The van der Waals surface area contributed by atoms with Gasteiger partial charge in [0.2, 0.25) is 0 Å². The standard InChI is InChI=1S/C29H40N2/c1-21(2)23(5)19-24(6)31-17-14-25(15-18-31)9-7-8-10-26-11-12-29-28(20-26)27(22(3)4)13-16-30-29/h11-13,16,20,23,25H,1,3,6-10,14-15,17-19H2,2,4-5H3. The molecular formula is C29H40N2. The van der Waals surface area contributed by atoms with Gasteiger partial charge in [0.1, 0.15) is 0 Å². The van der Waals surface area contributed by atoms with Crippen LogP contribution in [0.1, 0.15) is 70.4 Å². The summed E-state index contributed by atoms with van der Waals surface area (Å²) in [7, 11) is 0. The molecular weight excluding hydrogens is 376 g/mol. The largest absolute Gasteiger partial charge is 0.375 e. The Balaban J connectivity index is 1.42. The van der Waals surface area contributed by atoms with Gasteiger partial charge in [-0.05, 0) is 87.1 Å². The summed E-state index contributed by atoms with van der Waals surface area (Å²) in [6.45, 7) is 21.4. The summed E-state index contributed by atoms with van der Waals surface area (Å²) < 4.78 is 0. The van der Waals surface area contributed by atoms with Crippen molar-refractivity contribution in [3.63, 3.8) is 0 Å². The van der Waals surface area contributed by atoms with Crippen molar-refractivity contribution in [3.8, 4) is 0 Å². The van der Waals surface area contributed by atoms with Crippen molar-refractivity contribution in [2.24, 2.45) is 11.8 Å². The molecule has 1 aliphatic heterocycles. The Hall–Kier alpha value is -2.35. The smallest absolute Gasteiger partial charge is 0.0708 e. The van der Waals surface area contributed by atoms with E-state index in [1.54, 1.807) is 0 Å². The van der Waals surface area contributed by atoms with Gasteiger partial charge in [-0.1, -0.05) is 56.7 Å². The van der Waals surface area contributed by atoms with Crippen molar-refractivity contribution >= 4 is 16.5 Å². The van der Waals surface area contributed by atoms with E-state index in [0.717, 1.165) is 29.8 Å². The number of aryl methyl sites for hydroxylation is 1. The van der Waals surface area contributed by atoms with Crippen molar-refractivity contribution in [2.75, 3.05) is 13.1 Å². The molecule has 31 heavy (non-hydrogen) atoms. The summed E-state index contributed by atoms with van der Waals surface area (Å²) in [6, 6.07) is 8.80. The first-order chi connectivity index (χ1) is 14.8. The highest BCUT2D eigenvalue weighted by Gasteiger charge is 2.20. The number of pyridine rings is 1. The molecule has 0 radical (unpaired) electrons. The zero-order chi connectivity index (χ0) is 22.4. The van der Waals surface area contributed by atoms with Crippen LogP contribution in [0.2, 0.25) is 0 Å². The maximum atomic E-state index is 4.51. The van der Waals surface area contributed by atoms with E-state index >= 15 is 0 Å². The van der Waals surface area contributed by atoms with Gasteiger partial charge in [-0.25, -0.2) is 0 Å². The van der Waals surface area contributed by atoms with Crippen LogP contribution in [0.5, 0.6) is 0 Å². The molecule has 166 valence electrons. The average molecular weight is 417 g/mol. The Morgan fingerprint density at radius 3 is 2.52 bits per heavy atom. The highest BCUT2D eigenvalue weighted by Crippen LogP contribution is 2.28. The lowest BCUT2D eigenvalue weighted by Gasteiger charge is -2.35. The molecule has 0 N–H and O–H groups in total. The predicted molar refractivity (Wildman–Crippen MR) is 136 cm³/mol. The fraction of sp³-hybridized carbons (Fsp3) is 0.483. The molecule has 1 fully saturated rings. The minimum Gasteiger partial charge on any atom is -0.375 e. The second kappa shape index (κ2) is 10.8. The van der Waals surface area contributed by atoms with Crippen molar-refractivity contribution in [1.29, 1.82) is 0 Å². The lowest BCUT2D eigenvalue weighted by Crippen LogP contribution is -2.33. The summed E-state index contributed by atoms with van der Waals surface area (Å²) in [6.07, 6.45) is 10.6. The molecule has 1 aliphatic rings. The first-order valence-electron chi connectivity index (χ1n) is 12.0. The molecule has 2 heterocycles. The number of fused-ring (bicyclic) bond motifs is 1. The lowest BCUT2D eigenvalue weighted by atomic mass is 9.89. The first-order valence-corrected chi connectivity index (χ1v) is 12.0. The molecule has 1 aromatic heterocycles. The van der Waals surface area contributed by atoms with Crippen LogP contribution in [-0.2, 0) is 6.42 Å². The van der Waals surface area contributed by atoms with Crippen molar-refractivity contribution in [2.45, 2.75) is 65.7 Å². The fourth-order valence-electron chi connectivity index (χ4n) is 4.68. The van der Waals surface area contributed by atoms with Gasteiger partial charge in [0.25, 0.3) is 0 Å². The number of likely N-dealkylation sites (tertiary alicyclic amines) is 1. The molecule has 2 aromatic rings. The summed E-state index contributed by atoms with van der Waals surface area (Å²) >= 11 is 0. The molecule has 3 rings (SSSR count). The van der Waals surface area contributed by atoms with E-state index in [9.17, 15) is 0 Å². The quantitative estimate of drug-likeness (QED) is 0.290. The number of hydrogen-bond acceptors (Lipinski definition) is 2. The van der Waals surface area contributed by atoms with Gasteiger partial charge >= 0.3 is 0 Å². The van der Waals surface area contributed by atoms with Gasteiger partial charge in [0.05, 0.1) is 5.52 Å². The molecule has 1 atom stereocenters. The number of aromatic nitrogens is 1. The van der Waals surface area contributed by atoms with E-state index in [4.69, 9.17) is 0 Å². The van der Waals surface area contributed by atoms with Crippen molar-refractivity contribution in [1.82, 2.24) is 9.88 Å². The van der Waals surface area contributed by atoms with Gasteiger partial charge in [-0.3, -0.25) is 4.98 Å². The molecule has 0 aliphatic carbocycles. The molecule has 0 bridgehead atoms.